The van der Waals surface area contributed by atoms with E-state index in [0.29, 0.717) is 0 Å². The van der Waals surface area contributed by atoms with Gasteiger partial charge in [0.2, 0.25) is 0 Å². The van der Waals surface area contributed by atoms with E-state index >= 15 is 0 Å². The van der Waals surface area contributed by atoms with Crippen molar-refractivity contribution in [2.45, 2.75) is 44.4 Å². The Morgan fingerprint density at radius 2 is 1.75 bits per heavy atom. The zero-order valence-corrected chi connectivity index (χ0v) is 14.7. The monoisotopic (exact) mass is 360 g/mol. The van der Waals surface area contributed by atoms with Crippen LogP contribution in [0.5, 0.6) is 11.5 Å². The molecule has 0 bridgehead atoms. The highest BCUT2D eigenvalue weighted by atomic mass is 79.9. The molecule has 0 N–H and O–H groups in total. The number of methoxy groups -OCH3 is 2. The lowest BCUT2D eigenvalue weighted by Gasteiger charge is -2.34. The zero-order chi connectivity index (χ0) is 14.8. The average molecular weight is 362 g/mol. The maximum absolute atomic E-state index is 6.87. The van der Waals surface area contributed by atoms with Crippen molar-refractivity contribution in [3.8, 4) is 11.5 Å². The van der Waals surface area contributed by atoms with Crippen LogP contribution < -0.4 is 9.47 Å². The van der Waals surface area contributed by atoms with Gasteiger partial charge in [0, 0.05) is 4.47 Å². The number of hydrogen-bond acceptors (Lipinski definition) is 2. The van der Waals surface area contributed by atoms with Crippen LogP contribution in [-0.2, 0) is 0 Å². The molecule has 1 unspecified atom stereocenters. The molecule has 2 rings (SSSR count). The van der Waals surface area contributed by atoms with Crippen LogP contribution in [0, 0.1) is 5.41 Å². The lowest BCUT2D eigenvalue weighted by molar-refractivity contribution is 0.269. The van der Waals surface area contributed by atoms with E-state index in [4.69, 9.17) is 21.1 Å². The lowest BCUT2D eigenvalue weighted by Crippen LogP contribution is -2.22. The van der Waals surface area contributed by atoms with Crippen LogP contribution in [-0.4, -0.2) is 14.2 Å². The molecule has 1 fully saturated rings. The van der Waals surface area contributed by atoms with Gasteiger partial charge >= 0.3 is 0 Å². The fourth-order valence-electron chi connectivity index (χ4n) is 3.26. The van der Waals surface area contributed by atoms with E-state index in [1.54, 1.807) is 14.2 Å². The third-order valence-electron chi connectivity index (χ3n) is 4.62. The summed E-state index contributed by atoms with van der Waals surface area (Å²) in [4.78, 5) is 0. The van der Waals surface area contributed by atoms with Crippen LogP contribution in [0.2, 0.25) is 0 Å². The van der Waals surface area contributed by atoms with Crippen molar-refractivity contribution in [1.82, 2.24) is 0 Å². The first-order chi connectivity index (χ1) is 9.57. The largest absolute Gasteiger partial charge is 0.493 e. The fourth-order valence-corrected chi connectivity index (χ4v) is 4.50. The van der Waals surface area contributed by atoms with E-state index in [0.717, 1.165) is 28.0 Å². The smallest absolute Gasteiger partial charge is 0.161 e. The second-order valence-electron chi connectivity index (χ2n) is 5.51. The van der Waals surface area contributed by atoms with Gasteiger partial charge in [0.05, 0.1) is 19.6 Å². The maximum Gasteiger partial charge on any atom is 0.161 e. The second kappa shape index (κ2) is 6.57. The van der Waals surface area contributed by atoms with Gasteiger partial charge in [-0.2, -0.15) is 0 Å². The van der Waals surface area contributed by atoms with E-state index in [-0.39, 0.29) is 10.8 Å². The number of rotatable bonds is 5. The predicted octanol–water partition coefficient (Wildman–Crippen LogP) is 5.72. The predicted molar refractivity (Wildman–Crippen MR) is 87.0 cm³/mol. The summed E-state index contributed by atoms with van der Waals surface area (Å²) in [6, 6.07) is 3.96. The third-order valence-corrected chi connectivity index (χ3v) is 6.00. The number of benzene rings is 1. The van der Waals surface area contributed by atoms with Gasteiger partial charge in [-0.25, -0.2) is 0 Å². The van der Waals surface area contributed by atoms with Gasteiger partial charge in [0.25, 0.3) is 0 Å². The van der Waals surface area contributed by atoms with Gasteiger partial charge in [-0.1, -0.05) is 35.7 Å². The van der Waals surface area contributed by atoms with Gasteiger partial charge < -0.3 is 9.47 Å². The molecule has 0 saturated heterocycles. The molecule has 0 heterocycles. The zero-order valence-electron chi connectivity index (χ0n) is 12.3. The highest BCUT2D eigenvalue weighted by Gasteiger charge is 2.40. The SMILES string of the molecule is CCC1(C(Cl)c2cc(OC)c(OC)cc2Br)CCCC1. The van der Waals surface area contributed by atoms with Gasteiger partial charge in [-0.3, -0.25) is 0 Å². The molecule has 0 spiro atoms. The Morgan fingerprint density at radius 1 is 1.20 bits per heavy atom. The van der Waals surface area contributed by atoms with Crippen molar-refractivity contribution in [3.63, 3.8) is 0 Å². The summed E-state index contributed by atoms with van der Waals surface area (Å²) in [5.41, 5.74) is 1.32. The van der Waals surface area contributed by atoms with Crippen LogP contribution in [0.1, 0.15) is 50.0 Å². The Morgan fingerprint density at radius 3 is 2.25 bits per heavy atom. The molecule has 0 radical (unpaired) electrons. The summed E-state index contributed by atoms with van der Waals surface area (Å²) in [5, 5.41) is 0.00387. The Labute approximate surface area is 134 Å². The molecule has 1 aromatic rings. The second-order valence-corrected chi connectivity index (χ2v) is 6.81. The molecule has 1 atom stereocenters. The molecule has 112 valence electrons. The Kier molecular flexibility index (Phi) is 5.25. The van der Waals surface area contributed by atoms with Gasteiger partial charge in [-0.05, 0) is 42.4 Å². The fraction of sp³-hybridized carbons (Fsp3) is 0.625. The summed E-state index contributed by atoms with van der Waals surface area (Å²) in [6.45, 7) is 2.25. The van der Waals surface area contributed by atoms with Gasteiger partial charge in [-0.15, -0.1) is 11.6 Å². The molecule has 0 amide bonds. The molecule has 0 aromatic heterocycles. The summed E-state index contributed by atoms with van der Waals surface area (Å²) in [6.07, 6.45) is 6.09. The minimum Gasteiger partial charge on any atom is -0.493 e. The molecule has 1 aliphatic rings. The van der Waals surface area contributed by atoms with Crippen molar-refractivity contribution in [2.24, 2.45) is 5.41 Å². The van der Waals surface area contributed by atoms with E-state index in [2.05, 4.69) is 22.9 Å². The first kappa shape index (κ1) is 16.0. The van der Waals surface area contributed by atoms with Gasteiger partial charge in [0.15, 0.2) is 11.5 Å². The normalized spacial score (nSPS) is 18.9. The minimum atomic E-state index is 0.00387. The summed E-state index contributed by atoms with van der Waals surface area (Å²) >= 11 is 10.5. The molecule has 20 heavy (non-hydrogen) atoms. The van der Waals surface area contributed by atoms with Crippen molar-refractivity contribution >= 4 is 27.5 Å². The quantitative estimate of drug-likeness (QED) is 0.625. The van der Waals surface area contributed by atoms with Crippen molar-refractivity contribution in [3.05, 3.63) is 22.2 Å². The van der Waals surface area contributed by atoms with E-state index in [1.165, 1.54) is 25.7 Å². The van der Waals surface area contributed by atoms with Crippen LogP contribution in [0.25, 0.3) is 0 Å². The van der Waals surface area contributed by atoms with Crippen LogP contribution in [0.4, 0.5) is 0 Å². The molecular weight excluding hydrogens is 340 g/mol. The molecular formula is C16H22BrClO2. The topological polar surface area (TPSA) is 18.5 Å². The van der Waals surface area contributed by atoms with Crippen molar-refractivity contribution < 1.29 is 9.47 Å². The van der Waals surface area contributed by atoms with E-state index in [1.807, 2.05) is 12.1 Å². The Balaban J connectivity index is 2.41. The van der Waals surface area contributed by atoms with Crippen LogP contribution in [0.3, 0.4) is 0 Å². The number of hydrogen-bond donors (Lipinski definition) is 0. The summed E-state index contributed by atoms with van der Waals surface area (Å²) < 4.78 is 11.7. The van der Waals surface area contributed by atoms with Crippen LogP contribution in [0.15, 0.2) is 16.6 Å². The van der Waals surface area contributed by atoms with Gasteiger partial charge in [0.1, 0.15) is 0 Å². The Bertz CT molecular complexity index is 470. The van der Waals surface area contributed by atoms with E-state index < -0.39 is 0 Å². The Hall–Kier alpha value is -0.410. The van der Waals surface area contributed by atoms with E-state index in [9.17, 15) is 0 Å². The molecule has 2 nitrogen and oxygen atoms in total. The van der Waals surface area contributed by atoms with Crippen molar-refractivity contribution in [1.29, 1.82) is 0 Å². The third kappa shape index (κ3) is 2.80. The summed E-state index contributed by atoms with van der Waals surface area (Å²) in [7, 11) is 3.30. The lowest BCUT2D eigenvalue weighted by atomic mass is 9.77. The molecule has 1 saturated carbocycles. The molecule has 0 aliphatic heterocycles. The number of halogens is 2. The highest BCUT2D eigenvalue weighted by molar-refractivity contribution is 9.10. The summed E-state index contributed by atoms with van der Waals surface area (Å²) in [5.74, 6) is 1.46. The molecule has 1 aliphatic carbocycles. The first-order valence-corrected chi connectivity index (χ1v) is 8.36. The first-order valence-electron chi connectivity index (χ1n) is 7.13. The molecule has 4 heteroatoms. The standard InChI is InChI=1S/C16H22BrClO2/c1-4-16(7-5-6-8-16)15(18)11-9-13(19-2)14(20-3)10-12(11)17/h9-10,15H,4-8H2,1-3H3. The van der Waals surface area contributed by atoms with Crippen molar-refractivity contribution in [2.75, 3.05) is 14.2 Å². The number of ether oxygens (including phenoxy) is 2. The average Bonchev–Trinajstić information content (AvgIpc) is 2.96. The highest BCUT2D eigenvalue weighted by Crippen LogP contribution is 2.55. The maximum atomic E-state index is 6.87. The molecule has 1 aromatic carbocycles. The number of alkyl halides is 1. The van der Waals surface area contributed by atoms with Crippen LogP contribution >= 0.6 is 27.5 Å². The minimum absolute atomic E-state index is 0.00387.